The van der Waals surface area contributed by atoms with Gasteiger partial charge in [0, 0.05) is 36.2 Å². The number of nitrogens with one attached hydrogen (secondary N) is 2. The monoisotopic (exact) mass is 327 g/mol. The van der Waals surface area contributed by atoms with Crippen molar-refractivity contribution in [1.29, 1.82) is 0 Å². The molecule has 2 aliphatic rings. The quantitative estimate of drug-likeness (QED) is 0.731. The number of aliphatic hydroxyl groups excluding tert-OH is 1. The van der Waals surface area contributed by atoms with E-state index < -0.39 is 0 Å². The predicted octanol–water partition coefficient (Wildman–Crippen LogP) is 1.87. The van der Waals surface area contributed by atoms with Crippen molar-refractivity contribution in [3.8, 4) is 22.8 Å². The highest BCUT2D eigenvalue weighted by molar-refractivity contribution is 5.66. The van der Waals surface area contributed by atoms with E-state index in [1.165, 1.54) is 0 Å². The van der Waals surface area contributed by atoms with Crippen LogP contribution in [-0.4, -0.2) is 41.2 Å². The van der Waals surface area contributed by atoms with Gasteiger partial charge in [-0.15, -0.1) is 0 Å². The van der Waals surface area contributed by atoms with Gasteiger partial charge in [0.25, 0.3) is 0 Å². The van der Waals surface area contributed by atoms with Crippen LogP contribution in [0.3, 0.4) is 0 Å². The number of benzene rings is 1. The van der Waals surface area contributed by atoms with Gasteiger partial charge in [-0.25, -0.2) is 0 Å². The molecule has 0 spiro atoms. The zero-order chi connectivity index (χ0) is 16.4. The average Bonchev–Trinajstić information content (AvgIpc) is 3.28. The van der Waals surface area contributed by atoms with Crippen molar-refractivity contribution in [3.05, 3.63) is 42.1 Å². The second-order valence-electron chi connectivity index (χ2n) is 6.18. The van der Waals surface area contributed by atoms with E-state index in [-0.39, 0.29) is 12.5 Å². The van der Waals surface area contributed by atoms with Crippen LogP contribution in [0, 0.1) is 5.92 Å². The molecular formula is C18H21N3O3. The van der Waals surface area contributed by atoms with E-state index in [2.05, 4.69) is 27.7 Å². The lowest BCUT2D eigenvalue weighted by atomic mass is 10.1. The summed E-state index contributed by atoms with van der Waals surface area (Å²) in [4.78, 5) is 0. The molecule has 0 bridgehead atoms. The van der Waals surface area contributed by atoms with Crippen molar-refractivity contribution in [3.63, 3.8) is 0 Å². The molecule has 0 fully saturated rings. The Kier molecular flexibility index (Phi) is 4.23. The Morgan fingerprint density at radius 3 is 2.92 bits per heavy atom. The Bertz CT molecular complexity index is 741. The molecular weight excluding hydrogens is 306 g/mol. The summed E-state index contributed by atoms with van der Waals surface area (Å²) in [6.45, 7) is 2.10. The second-order valence-corrected chi connectivity index (χ2v) is 6.18. The summed E-state index contributed by atoms with van der Waals surface area (Å²) in [5, 5.41) is 20.0. The first-order valence-corrected chi connectivity index (χ1v) is 8.28. The molecule has 2 heterocycles. The van der Waals surface area contributed by atoms with Crippen LogP contribution in [0.5, 0.6) is 11.5 Å². The number of hydrogen-bond acceptors (Lipinski definition) is 5. The molecule has 2 atom stereocenters. The summed E-state index contributed by atoms with van der Waals surface area (Å²) in [5.74, 6) is 1.83. The summed E-state index contributed by atoms with van der Waals surface area (Å²) in [7, 11) is 0. The molecule has 6 heteroatoms. The standard InChI is InChI=1S/C18H21N3O3/c22-11-12-1-3-15(7-12)19-9-14-10-20-21-18(14)13-2-4-16-17(8-13)24-6-5-23-16/h1-4,8,10,12,15,19,22H,5-7,9,11H2,(H,20,21)/t12-,15+/m0/s1. The summed E-state index contributed by atoms with van der Waals surface area (Å²) in [6, 6.07) is 6.24. The molecule has 1 aliphatic heterocycles. The minimum absolute atomic E-state index is 0.211. The van der Waals surface area contributed by atoms with Crippen LogP contribution in [0.4, 0.5) is 0 Å². The zero-order valence-corrected chi connectivity index (χ0v) is 13.4. The summed E-state index contributed by atoms with van der Waals surface area (Å²) >= 11 is 0. The molecule has 1 aliphatic carbocycles. The third-order valence-electron chi connectivity index (χ3n) is 4.51. The third kappa shape index (κ3) is 3.02. The van der Waals surface area contributed by atoms with Crippen LogP contribution in [0.1, 0.15) is 12.0 Å². The number of rotatable bonds is 5. The lowest BCUT2D eigenvalue weighted by Gasteiger charge is -2.19. The Morgan fingerprint density at radius 2 is 2.08 bits per heavy atom. The zero-order valence-electron chi connectivity index (χ0n) is 13.4. The van der Waals surface area contributed by atoms with Crippen molar-refractivity contribution in [2.75, 3.05) is 19.8 Å². The van der Waals surface area contributed by atoms with E-state index in [9.17, 15) is 5.11 Å². The van der Waals surface area contributed by atoms with E-state index >= 15 is 0 Å². The fraction of sp³-hybridized carbons (Fsp3) is 0.389. The Balaban J connectivity index is 1.48. The van der Waals surface area contributed by atoms with Crippen LogP contribution in [0.25, 0.3) is 11.3 Å². The van der Waals surface area contributed by atoms with Gasteiger partial charge in [0.1, 0.15) is 13.2 Å². The van der Waals surface area contributed by atoms with E-state index in [1.54, 1.807) is 0 Å². The summed E-state index contributed by atoms with van der Waals surface area (Å²) in [6.07, 6.45) is 6.99. The van der Waals surface area contributed by atoms with Crippen LogP contribution < -0.4 is 14.8 Å². The van der Waals surface area contributed by atoms with Crippen molar-refractivity contribution >= 4 is 0 Å². The van der Waals surface area contributed by atoms with Crippen LogP contribution in [-0.2, 0) is 6.54 Å². The Hall–Kier alpha value is -2.31. The van der Waals surface area contributed by atoms with Crippen molar-refractivity contribution in [1.82, 2.24) is 15.5 Å². The fourth-order valence-electron chi connectivity index (χ4n) is 3.20. The number of H-pyrrole nitrogens is 1. The van der Waals surface area contributed by atoms with E-state index in [0.717, 1.165) is 34.7 Å². The number of nitrogens with zero attached hydrogens (tertiary/aromatic N) is 1. The molecule has 0 radical (unpaired) electrons. The average molecular weight is 327 g/mol. The van der Waals surface area contributed by atoms with E-state index in [1.807, 2.05) is 24.4 Å². The first-order valence-electron chi connectivity index (χ1n) is 8.28. The van der Waals surface area contributed by atoms with Crippen molar-refractivity contribution in [2.45, 2.75) is 19.0 Å². The largest absolute Gasteiger partial charge is 0.486 e. The molecule has 4 rings (SSSR count). The lowest BCUT2D eigenvalue weighted by Crippen LogP contribution is -2.26. The maximum atomic E-state index is 9.21. The minimum atomic E-state index is 0.211. The summed E-state index contributed by atoms with van der Waals surface area (Å²) in [5.41, 5.74) is 3.12. The number of ether oxygens (including phenoxy) is 2. The van der Waals surface area contributed by atoms with Gasteiger partial charge in [-0.1, -0.05) is 12.2 Å². The Morgan fingerprint density at radius 1 is 1.21 bits per heavy atom. The van der Waals surface area contributed by atoms with Crippen LogP contribution in [0.15, 0.2) is 36.5 Å². The van der Waals surface area contributed by atoms with Gasteiger partial charge in [-0.05, 0) is 24.6 Å². The molecule has 3 N–H and O–H groups in total. The van der Waals surface area contributed by atoms with Gasteiger partial charge in [0.05, 0.1) is 11.9 Å². The smallest absolute Gasteiger partial charge is 0.162 e. The number of aromatic nitrogens is 2. The molecule has 24 heavy (non-hydrogen) atoms. The molecule has 0 amide bonds. The van der Waals surface area contributed by atoms with Gasteiger partial charge in [-0.2, -0.15) is 5.10 Å². The first kappa shape index (κ1) is 15.2. The van der Waals surface area contributed by atoms with E-state index in [4.69, 9.17) is 9.47 Å². The SMILES string of the molecule is OC[C@H]1C=C[C@@H](NCc2cn[nH]c2-c2ccc3c(c2)OCCO3)C1. The topological polar surface area (TPSA) is 79.4 Å². The molecule has 0 saturated carbocycles. The summed E-state index contributed by atoms with van der Waals surface area (Å²) < 4.78 is 11.2. The lowest BCUT2D eigenvalue weighted by molar-refractivity contribution is 0.171. The predicted molar refractivity (Wildman–Crippen MR) is 90.0 cm³/mol. The molecule has 2 aromatic rings. The maximum absolute atomic E-state index is 9.21. The van der Waals surface area contributed by atoms with Crippen molar-refractivity contribution in [2.24, 2.45) is 5.92 Å². The molecule has 126 valence electrons. The van der Waals surface area contributed by atoms with Gasteiger partial charge in [-0.3, -0.25) is 5.10 Å². The molecule has 6 nitrogen and oxygen atoms in total. The van der Waals surface area contributed by atoms with Crippen LogP contribution in [0.2, 0.25) is 0 Å². The highest BCUT2D eigenvalue weighted by Crippen LogP contribution is 2.34. The van der Waals surface area contributed by atoms with Gasteiger partial charge < -0.3 is 19.9 Å². The number of aliphatic hydroxyl groups is 1. The number of aromatic amines is 1. The minimum Gasteiger partial charge on any atom is -0.486 e. The number of hydrogen-bond donors (Lipinski definition) is 3. The molecule has 1 aromatic heterocycles. The van der Waals surface area contributed by atoms with E-state index in [0.29, 0.717) is 25.8 Å². The first-order chi connectivity index (χ1) is 11.8. The molecule has 0 saturated heterocycles. The molecule has 1 aromatic carbocycles. The Labute approximate surface area is 140 Å². The molecule has 0 unspecified atom stereocenters. The van der Waals surface area contributed by atoms with Crippen molar-refractivity contribution < 1.29 is 14.6 Å². The van der Waals surface area contributed by atoms with Gasteiger partial charge in [0.15, 0.2) is 11.5 Å². The van der Waals surface area contributed by atoms with Gasteiger partial charge >= 0.3 is 0 Å². The van der Waals surface area contributed by atoms with Crippen LogP contribution >= 0.6 is 0 Å². The normalized spacial score (nSPS) is 22.0. The highest BCUT2D eigenvalue weighted by Gasteiger charge is 2.19. The van der Waals surface area contributed by atoms with Gasteiger partial charge in [0.2, 0.25) is 0 Å². The fourth-order valence-corrected chi connectivity index (χ4v) is 3.20. The third-order valence-corrected chi connectivity index (χ3v) is 4.51. The number of fused-ring (bicyclic) bond motifs is 1. The second kappa shape index (κ2) is 6.67. The maximum Gasteiger partial charge on any atom is 0.162 e. The highest BCUT2D eigenvalue weighted by atomic mass is 16.6.